The number of halogens is 1. The predicted octanol–water partition coefficient (Wildman–Crippen LogP) is 3.87. The average molecular weight is 344 g/mol. The first-order chi connectivity index (χ1) is 10.0. The molecule has 4 heteroatoms. The summed E-state index contributed by atoms with van der Waals surface area (Å²) < 4.78 is 0.890. The normalized spacial score (nSPS) is 13.5. The van der Waals surface area contributed by atoms with Crippen molar-refractivity contribution in [2.75, 3.05) is 5.32 Å². The van der Waals surface area contributed by atoms with Crippen LogP contribution in [-0.2, 0) is 11.2 Å². The van der Waals surface area contributed by atoms with E-state index in [1.165, 1.54) is 0 Å². The third-order valence-corrected chi connectivity index (χ3v) is 4.20. The van der Waals surface area contributed by atoms with E-state index >= 15 is 0 Å². The Morgan fingerprint density at radius 3 is 2.76 bits per heavy atom. The molecule has 0 atom stereocenters. The molecule has 1 N–H and O–H groups in total. The van der Waals surface area contributed by atoms with Gasteiger partial charge in [-0.05, 0) is 54.8 Å². The molecule has 0 bridgehead atoms. The minimum Gasteiger partial charge on any atom is -0.326 e. The Balaban J connectivity index is 1.99. The molecule has 21 heavy (non-hydrogen) atoms. The molecule has 0 unspecified atom stereocenters. The van der Waals surface area contributed by atoms with Crippen molar-refractivity contribution >= 4 is 33.3 Å². The molecule has 0 aliphatic carbocycles. The summed E-state index contributed by atoms with van der Waals surface area (Å²) in [4.78, 5) is 24.0. The van der Waals surface area contributed by atoms with Crippen molar-refractivity contribution in [1.29, 1.82) is 0 Å². The van der Waals surface area contributed by atoms with Crippen molar-refractivity contribution in [2.45, 2.75) is 19.8 Å². The summed E-state index contributed by atoms with van der Waals surface area (Å²) in [6.07, 6.45) is 1.15. The fourth-order valence-electron chi connectivity index (χ4n) is 2.52. The van der Waals surface area contributed by atoms with Crippen LogP contribution in [0.25, 0.3) is 0 Å². The molecule has 106 valence electrons. The van der Waals surface area contributed by atoms with Gasteiger partial charge in [-0.1, -0.05) is 22.0 Å². The van der Waals surface area contributed by atoms with Gasteiger partial charge in [0.2, 0.25) is 5.91 Å². The Bertz CT molecular complexity index is 752. The van der Waals surface area contributed by atoms with Crippen molar-refractivity contribution in [2.24, 2.45) is 0 Å². The molecular formula is C17H14BrNO2. The van der Waals surface area contributed by atoms with E-state index in [0.29, 0.717) is 24.0 Å². The standard InChI is InChI=1S/C17H14BrNO2/c1-10-2-5-13(18)9-14(10)17(21)12-3-6-15-11(8-12)4-7-16(20)19-15/h2-3,5-6,8-9H,4,7H2,1H3,(H,19,20). The van der Waals surface area contributed by atoms with Gasteiger partial charge in [-0.3, -0.25) is 9.59 Å². The number of hydrogen-bond donors (Lipinski definition) is 1. The first kappa shape index (κ1) is 14.0. The van der Waals surface area contributed by atoms with Gasteiger partial charge in [-0.2, -0.15) is 0 Å². The van der Waals surface area contributed by atoms with E-state index in [1.807, 2.05) is 37.3 Å². The third-order valence-electron chi connectivity index (χ3n) is 3.71. The van der Waals surface area contributed by atoms with E-state index in [0.717, 1.165) is 21.3 Å². The average Bonchev–Trinajstić information content (AvgIpc) is 2.48. The van der Waals surface area contributed by atoms with Gasteiger partial charge in [0, 0.05) is 27.7 Å². The number of ketones is 1. The number of amides is 1. The maximum atomic E-state index is 12.7. The van der Waals surface area contributed by atoms with Crippen LogP contribution in [0.3, 0.4) is 0 Å². The summed E-state index contributed by atoms with van der Waals surface area (Å²) in [6.45, 7) is 1.93. The smallest absolute Gasteiger partial charge is 0.224 e. The number of aryl methyl sites for hydroxylation is 2. The molecule has 0 aromatic heterocycles. The van der Waals surface area contributed by atoms with Crippen LogP contribution in [0, 0.1) is 6.92 Å². The zero-order chi connectivity index (χ0) is 15.0. The molecule has 3 rings (SSSR count). The first-order valence-corrected chi connectivity index (χ1v) is 7.57. The maximum Gasteiger partial charge on any atom is 0.224 e. The van der Waals surface area contributed by atoms with Crippen molar-refractivity contribution in [3.63, 3.8) is 0 Å². The highest BCUT2D eigenvalue weighted by atomic mass is 79.9. The lowest BCUT2D eigenvalue weighted by atomic mass is 9.95. The number of rotatable bonds is 2. The van der Waals surface area contributed by atoms with E-state index < -0.39 is 0 Å². The Hall–Kier alpha value is -1.94. The largest absolute Gasteiger partial charge is 0.326 e. The van der Waals surface area contributed by atoms with E-state index in [-0.39, 0.29) is 11.7 Å². The minimum atomic E-state index is 0.00787. The molecule has 0 saturated heterocycles. The zero-order valence-corrected chi connectivity index (χ0v) is 13.2. The van der Waals surface area contributed by atoms with Crippen LogP contribution in [0.5, 0.6) is 0 Å². The van der Waals surface area contributed by atoms with Gasteiger partial charge in [0.25, 0.3) is 0 Å². The number of fused-ring (bicyclic) bond motifs is 1. The highest BCUT2D eigenvalue weighted by molar-refractivity contribution is 9.10. The summed E-state index contributed by atoms with van der Waals surface area (Å²) in [5.74, 6) is 0.0397. The quantitative estimate of drug-likeness (QED) is 0.841. The van der Waals surface area contributed by atoms with Crippen LogP contribution in [0.15, 0.2) is 40.9 Å². The Kier molecular flexibility index (Phi) is 3.64. The molecule has 1 aliphatic heterocycles. The predicted molar refractivity (Wildman–Crippen MR) is 85.7 cm³/mol. The molecule has 1 amide bonds. The molecule has 0 spiro atoms. The van der Waals surface area contributed by atoms with Gasteiger partial charge in [0.1, 0.15) is 0 Å². The van der Waals surface area contributed by atoms with Gasteiger partial charge >= 0.3 is 0 Å². The Morgan fingerprint density at radius 2 is 1.95 bits per heavy atom. The van der Waals surface area contributed by atoms with Gasteiger partial charge < -0.3 is 5.32 Å². The molecule has 2 aromatic rings. The van der Waals surface area contributed by atoms with Gasteiger partial charge in [0.05, 0.1) is 0 Å². The maximum absolute atomic E-state index is 12.7. The highest BCUT2D eigenvalue weighted by Crippen LogP contribution is 2.26. The zero-order valence-electron chi connectivity index (χ0n) is 11.6. The summed E-state index contributed by atoms with van der Waals surface area (Å²) in [5, 5.41) is 2.83. The van der Waals surface area contributed by atoms with E-state index in [2.05, 4.69) is 21.2 Å². The number of anilines is 1. The lowest BCUT2D eigenvalue weighted by Gasteiger charge is -2.17. The van der Waals surface area contributed by atoms with Gasteiger partial charge in [-0.15, -0.1) is 0 Å². The monoisotopic (exact) mass is 343 g/mol. The van der Waals surface area contributed by atoms with Crippen LogP contribution in [0.4, 0.5) is 5.69 Å². The van der Waals surface area contributed by atoms with Crippen LogP contribution in [0.1, 0.15) is 33.5 Å². The Labute approximate surface area is 131 Å². The molecule has 1 heterocycles. The second kappa shape index (κ2) is 5.45. The summed E-state index contributed by atoms with van der Waals surface area (Å²) >= 11 is 3.40. The van der Waals surface area contributed by atoms with E-state index in [1.54, 1.807) is 6.07 Å². The number of carbonyl (C=O) groups excluding carboxylic acids is 2. The first-order valence-electron chi connectivity index (χ1n) is 6.78. The van der Waals surface area contributed by atoms with Crippen molar-refractivity contribution in [1.82, 2.24) is 0 Å². The van der Waals surface area contributed by atoms with E-state index in [4.69, 9.17) is 0 Å². The number of hydrogen-bond acceptors (Lipinski definition) is 2. The minimum absolute atomic E-state index is 0.00787. The van der Waals surface area contributed by atoms with Crippen LogP contribution in [-0.4, -0.2) is 11.7 Å². The fourth-order valence-corrected chi connectivity index (χ4v) is 2.88. The highest BCUT2D eigenvalue weighted by Gasteiger charge is 2.18. The van der Waals surface area contributed by atoms with Crippen molar-refractivity contribution < 1.29 is 9.59 Å². The molecule has 1 aliphatic rings. The molecule has 2 aromatic carbocycles. The van der Waals surface area contributed by atoms with Crippen molar-refractivity contribution in [3.05, 3.63) is 63.1 Å². The molecule has 3 nitrogen and oxygen atoms in total. The summed E-state index contributed by atoms with van der Waals surface area (Å²) in [5.41, 5.74) is 4.14. The lowest BCUT2D eigenvalue weighted by molar-refractivity contribution is -0.116. The molecule has 0 fully saturated rings. The third kappa shape index (κ3) is 2.76. The van der Waals surface area contributed by atoms with Crippen LogP contribution >= 0.6 is 15.9 Å². The SMILES string of the molecule is Cc1ccc(Br)cc1C(=O)c1ccc2c(c1)CCC(=O)N2. The molecular weight excluding hydrogens is 330 g/mol. The second-order valence-corrected chi connectivity index (χ2v) is 6.12. The number of carbonyl (C=O) groups is 2. The van der Waals surface area contributed by atoms with Crippen LogP contribution in [0.2, 0.25) is 0 Å². The summed E-state index contributed by atoms with van der Waals surface area (Å²) in [7, 11) is 0. The fraction of sp³-hybridized carbons (Fsp3) is 0.176. The number of nitrogens with one attached hydrogen (secondary N) is 1. The topological polar surface area (TPSA) is 46.2 Å². The number of benzene rings is 2. The Morgan fingerprint density at radius 1 is 1.14 bits per heavy atom. The summed E-state index contributed by atoms with van der Waals surface area (Å²) in [6, 6.07) is 11.2. The van der Waals surface area contributed by atoms with Gasteiger partial charge in [-0.25, -0.2) is 0 Å². The molecule has 0 radical (unpaired) electrons. The van der Waals surface area contributed by atoms with Gasteiger partial charge in [0.15, 0.2) is 5.78 Å². The lowest BCUT2D eigenvalue weighted by Crippen LogP contribution is -2.19. The second-order valence-electron chi connectivity index (χ2n) is 5.21. The van der Waals surface area contributed by atoms with Crippen LogP contribution < -0.4 is 5.32 Å². The van der Waals surface area contributed by atoms with Crippen molar-refractivity contribution in [3.8, 4) is 0 Å². The van der Waals surface area contributed by atoms with E-state index in [9.17, 15) is 9.59 Å². The molecule has 0 saturated carbocycles.